The van der Waals surface area contributed by atoms with Crippen LogP contribution in [-0.2, 0) is 13.1 Å². The molecule has 1 saturated heterocycles. The van der Waals surface area contributed by atoms with Crippen LogP contribution in [0.5, 0.6) is 17.2 Å². The van der Waals surface area contributed by atoms with Gasteiger partial charge in [0.1, 0.15) is 29.5 Å². The number of aromatic nitrogens is 4. The molecule has 0 amide bonds. The number of nitrogens with zero attached hydrogens (tertiary/aromatic N) is 5. The predicted octanol–water partition coefficient (Wildman–Crippen LogP) is 6.93. The number of fused-ring (bicyclic) bond motifs is 1. The van der Waals surface area contributed by atoms with Crippen molar-refractivity contribution >= 4 is 53.8 Å². The molecule has 45 heavy (non-hydrogen) atoms. The average molecular weight is 674 g/mol. The first-order valence-electron chi connectivity index (χ1n) is 14.3. The highest BCUT2D eigenvalue weighted by Crippen LogP contribution is 2.34. The van der Waals surface area contributed by atoms with Gasteiger partial charge >= 0.3 is 0 Å². The van der Waals surface area contributed by atoms with Crippen molar-refractivity contribution in [2.45, 2.75) is 32.0 Å². The minimum atomic E-state index is 0. The summed E-state index contributed by atoms with van der Waals surface area (Å²) in [6.45, 7) is 4.36. The lowest BCUT2D eigenvalue weighted by Gasteiger charge is -2.32. The van der Waals surface area contributed by atoms with E-state index in [1.807, 2.05) is 47.2 Å². The first kappa shape index (κ1) is 35.7. The second-order valence-electron chi connectivity index (χ2n) is 10.5. The largest absolute Gasteiger partial charge is 0.497 e. The second-order valence-corrected chi connectivity index (χ2v) is 10.5. The number of imidazole rings is 1. The Bertz CT molecular complexity index is 1600. The normalized spacial score (nSPS) is 13.2. The Balaban J connectivity index is 0.00000184. The van der Waals surface area contributed by atoms with Gasteiger partial charge in [0.2, 0.25) is 0 Å². The highest BCUT2D eigenvalue weighted by atomic mass is 35.5. The molecule has 9 nitrogen and oxygen atoms in total. The Morgan fingerprint density at radius 2 is 1.49 bits per heavy atom. The summed E-state index contributed by atoms with van der Waals surface area (Å²) >= 11 is 0. The smallest absolute Gasteiger partial charge is 0.156 e. The molecule has 6 rings (SSSR count). The van der Waals surface area contributed by atoms with E-state index in [1.54, 1.807) is 26.7 Å². The van der Waals surface area contributed by atoms with E-state index in [4.69, 9.17) is 14.2 Å². The Hall–Kier alpha value is -3.76. The summed E-state index contributed by atoms with van der Waals surface area (Å²) in [6.07, 6.45) is 7.59. The molecule has 1 fully saturated rings. The van der Waals surface area contributed by atoms with E-state index >= 15 is 0 Å². The average Bonchev–Trinajstić information content (AvgIpc) is 3.56. The van der Waals surface area contributed by atoms with Crippen LogP contribution in [0.15, 0.2) is 85.5 Å². The maximum absolute atomic E-state index is 5.89. The molecular formula is C33H39Cl3N6O3. The van der Waals surface area contributed by atoms with Gasteiger partial charge in [0.05, 0.1) is 27.1 Å². The molecule has 1 aliphatic rings. The number of hydrogen-bond acceptors (Lipinski definition) is 8. The second kappa shape index (κ2) is 17.1. The SMILES string of the molecule is COc1ccc(-c2nnc(NC3CCN(Cc4ccc(OCCn5ccnc5)cc4)CC3)c3cc(OC)ccc23)cc1.Cl.Cl.Cl. The van der Waals surface area contributed by atoms with Crippen LogP contribution >= 0.6 is 37.2 Å². The van der Waals surface area contributed by atoms with Gasteiger partial charge in [-0.1, -0.05) is 12.1 Å². The highest BCUT2D eigenvalue weighted by molar-refractivity contribution is 6.00. The van der Waals surface area contributed by atoms with Crippen LogP contribution in [0.1, 0.15) is 18.4 Å². The standard InChI is InChI=1S/C33H36N6O3.3ClH/c1-40-27-9-5-25(6-10-27)32-30-12-11-29(41-2)21-31(30)33(37-36-32)35-26-13-16-38(17-14-26)22-24-3-7-28(8-4-24)42-20-19-39-18-15-34-23-39;;;/h3-12,15,18,21,23,26H,13-14,16-17,19-20,22H2,1-2H3,(H,35,37);3*1H. The topological polar surface area (TPSA) is 86.6 Å². The van der Waals surface area contributed by atoms with Crippen LogP contribution in [0, 0.1) is 0 Å². The first-order chi connectivity index (χ1) is 20.7. The number of rotatable bonds is 11. The number of halogens is 3. The molecule has 3 aromatic carbocycles. The zero-order chi connectivity index (χ0) is 28.7. The lowest BCUT2D eigenvalue weighted by Crippen LogP contribution is -2.38. The van der Waals surface area contributed by atoms with Gasteiger partial charge in [-0.05, 0) is 73.0 Å². The highest BCUT2D eigenvalue weighted by Gasteiger charge is 2.21. The van der Waals surface area contributed by atoms with Crippen LogP contribution in [0.4, 0.5) is 5.82 Å². The van der Waals surface area contributed by atoms with Gasteiger partial charge in [-0.25, -0.2) is 4.98 Å². The Kier molecular flexibility index (Phi) is 13.6. The van der Waals surface area contributed by atoms with E-state index in [-0.39, 0.29) is 37.2 Å². The number of ether oxygens (including phenoxy) is 3. The molecule has 240 valence electrons. The number of anilines is 1. The lowest BCUT2D eigenvalue weighted by molar-refractivity contribution is 0.211. The van der Waals surface area contributed by atoms with Gasteiger partial charge in [-0.3, -0.25) is 4.90 Å². The van der Waals surface area contributed by atoms with Gasteiger partial charge in [-0.15, -0.1) is 47.4 Å². The molecule has 12 heteroatoms. The third kappa shape index (κ3) is 8.92. The van der Waals surface area contributed by atoms with Crippen LogP contribution in [0.2, 0.25) is 0 Å². The van der Waals surface area contributed by atoms with Crippen LogP contribution < -0.4 is 19.5 Å². The van der Waals surface area contributed by atoms with E-state index in [2.05, 4.69) is 55.7 Å². The fourth-order valence-electron chi connectivity index (χ4n) is 5.40. The van der Waals surface area contributed by atoms with Crippen LogP contribution in [-0.4, -0.2) is 64.6 Å². The third-order valence-corrected chi connectivity index (χ3v) is 7.79. The molecule has 2 aromatic heterocycles. The summed E-state index contributed by atoms with van der Waals surface area (Å²) in [6, 6.07) is 22.8. The fraction of sp³-hybridized carbons (Fsp3) is 0.303. The first-order valence-corrected chi connectivity index (χ1v) is 14.3. The van der Waals surface area contributed by atoms with Crippen molar-refractivity contribution < 1.29 is 14.2 Å². The third-order valence-electron chi connectivity index (χ3n) is 7.79. The van der Waals surface area contributed by atoms with E-state index in [1.165, 1.54) is 5.56 Å². The molecular weight excluding hydrogens is 635 g/mol. The molecule has 0 radical (unpaired) electrons. The van der Waals surface area contributed by atoms with Crippen molar-refractivity contribution in [1.82, 2.24) is 24.6 Å². The van der Waals surface area contributed by atoms with Crippen molar-refractivity contribution in [3.8, 4) is 28.5 Å². The summed E-state index contributed by atoms with van der Waals surface area (Å²) in [5.74, 6) is 3.29. The molecule has 0 saturated carbocycles. The van der Waals surface area contributed by atoms with Gasteiger partial charge in [-0.2, -0.15) is 0 Å². The van der Waals surface area contributed by atoms with Gasteiger partial charge in [0.15, 0.2) is 5.82 Å². The molecule has 5 aromatic rings. The Morgan fingerprint density at radius 3 is 2.16 bits per heavy atom. The van der Waals surface area contributed by atoms with Gasteiger partial charge in [0.25, 0.3) is 0 Å². The maximum Gasteiger partial charge on any atom is 0.156 e. The van der Waals surface area contributed by atoms with Crippen molar-refractivity contribution in [2.75, 3.05) is 39.2 Å². The Labute approximate surface area is 282 Å². The van der Waals surface area contributed by atoms with Crippen LogP contribution in [0.25, 0.3) is 22.0 Å². The Morgan fingerprint density at radius 1 is 0.800 bits per heavy atom. The van der Waals surface area contributed by atoms with Crippen molar-refractivity contribution in [1.29, 1.82) is 0 Å². The minimum Gasteiger partial charge on any atom is -0.497 e. The number of likely N-dealkylation sites (tertiary alicyclic amines) is 1. The van der Waals surface area contributed by atoms with Gasteiger partial charge < -0.3 is 24.1 Å². The number of hydrogen-bond donors (Lipinski definition) is 1. The lowest BCUT2D eigenvalue weighted by atomic mass is 10.0. The quantitative estimate of drug-likeness (QED) is 0.162. The summed E-state index contributed by atoms with van der Waals surface area (Å²) in [5, 5.41) is 15.0. The van der Waals surface area contributed by atoms with E-state index in [9.17, 15) is 0 Å². The zero-order valence-electron chi connectivity index (χ0n) is 25.3. The number of methoxy groups -OCH3 is 2. The van der Waals surface area contributed by atoms with E-state index in [0.29, 0.717) is 12.6 Å². The molecule has 0 bridgehead atoms. The molecule has 0 unspecified atom stereocenters. The predicted molar refractivity (Wildman–Crippen MR) is 186 cm³/mol. The van der Waals surface area contributed by atoms with Crippen LogP contribution in [0.3, 0.4) is 0 Å². The summed E-state index contributed by atoms with van der Waals surface area (Å²) < 4.78 is 18.8. The number of piperidine rings is 1. The summed E-state index contributed by atoms with van der Waals surface area (Å²) in [4.78, 5) is 6.57. The molecule has 0 spiro atoms. The molecule has 0 atom stereocenters. The van der Waals surface area contributed by atoms with Crippen molar-refractivity contribution in [2.24, 2.45) is 0 Å². The molecule has 1 N–H and O–H groups in total. The zero-order valence-corrected chi connectivity index (χ0v) is 27.7. The van der Waals surface area contributed by atoms with E-state index < -0.39 is 0 Å². The van der Waals surface area contributed by atoms with E-state index in [0.717, 1.165) is 84.1 Å². The number of nitrogens with one attached hydrogen (secondary N) is 1. The summed E-state index contributed by atoms with van der Waals surface area (Å²) in [5.41, 5.74) is 3.12. The van der Waals surface area contributed by atoms with Crippen molar-refractivity contribution in [3.63, 3.8) is 0 Å². The summed E-state index contributed by atoms with van der Waals surface area (Å²) in [7, 11) is 3.35. The molecule has 1 aliphatic heterocycles. The maximum atomic E-state index is 5.89. The number of benzene rings is 3. The van der Waals surface area contributed by atoms with Crippen molar-refractivity contribution in [3.05, 3.63) is 91.0 Å². The fourth-order valence-corrected chi connectivity index (χ4v) is 5.40. The monoisotopic (exact) mass is 672 g/mol. The molecule has 3 heterocycles. The molecule has 0 aliphatic carbocycles. The van der Waals surface area contributed by atoms with Gasteiger partial charge in [0, 0.05) is 54.4 Å². The minimum absolute atomic E-state index is 0.